The minimum atomic E-state index is -3.57. The monoisotopic (exact) mass is 429 g/mol. The molecule has 0 bridgehead atoms. The second-order valence-electron chi connectivity index (χ2n) is 7.05. The molecule has 158 valence electrons. The van der Waals surface area contributed by atoms with Gasteiger partial charge >= 0.3 is 0 Å². The van der Waals surface area contributed by atoms with E-state index in [0.717, 1.165) is 5.56 Å². The Balaban J connectivity index is 1.45. The number of methoxy groups -OCH3 is 2. The maximum atomic E-state index is 13.0. The standard InChI is InChI=1S/C21H23N3O5S/c1-27-17-6-3-5-16(13-17)21-22-20(23-29-21)15-9-11-24(12-10-15)30(25,26)19-8-4-7-18(14-19)28-2/h3-8,13-15H,9-12H2,1-2H3. The summed E-state index contributed by atoms with van der Waals surface area (Å²) >= 11 is 0. The number of aromatic nitrogens is 2. The maximum Gasteiger partial charge on any atom is 0.258 e. The molecule has 4 rings (SSSR count). The smallest absolute Gasteiger partial charge is 0.258 e. The van der Waals surface area contributed by atoms with Gasteiger partial charge in [0.1, 0.15) is 11.5 Å². The van der Waals surface area contributed by atoms with Gasteiger partial charge in [0.15, 0.2) is 5.82 Å². The Morgan fingerprint density at radius 2 is 1.67 bits per heavy atom. The van der Waals surface area contributed by atoms with Gasteiger partial charge in [-0.2, -0.15) is 9.29 Å². The highest BCUT2D eigenvalue weighted by molar-refractivity contribution is 7.89. The Labute approximate surface area is 175 Å². The summed E-state index contributed by atoms with van der Waals surface area (Å²) in [6.45, 7) is 0.792. The molecule has 0 spiro atoms. The van der Waals surface area contributed by atoms with E-state index < -0.39 is 10.0 Å². The Bertz CT molecular complexity index is 1120. The van der Waals surface area contributed by atoms with E-state index in [1.165, 1.54) is 11.4 Å². The highest BCUT2D eigenvalue weighted by Gasteiger charge is 2.32. The van der Waals surface area contributed by atoms with Gasteiger partial charge in [-0.3, -0.25) is 0 Å². The number of hydrogen-bond donors (Lipinski definition) is 0. The second-order valence-corrected chi connectivity index (χ2v) is 8.98. The van der Waals surface area contributed by atoms with Crippen molar-refractivity contribution in [3.05, 3.63) is 54.4 Å². The third-order valence-electron chi connectivity index (χ3n) is 5.26. The van der Waals surface area contributed by atoms with E-state index in [1.807, 2.05) is 24.3 Å². The van der Waals surface area contributed by atoms with Gasteiger partial charge in [0.2, 0.25) is 10.0 Å². The van der Waals surface area contributed by atoms with Crippen LogP contribution in [-0.2, 0) is 10.0 Å². The molecular weight excluding hydrogens is 406 g/mol. The van der Waals surface area contributed by atoms with Crippen LogP contribution in [0.25, 0.3) is 11.5 Å². The van der Waals surface area contributed by atoms with E-state index in [-0.39, 0.29) is 10.8 Å². The first-order valence-electron chi connectivity index (χ1n) is 9.63. The first-order chi connectivity index (χ1) is 14.5. The fourth-order valence-corrected chi connectivity index (χ4v) is 5.04. The van der Waals surface area contributed by atoms with Gasteiger partial charge in [-0.05, 0) is 43.2 Å². The third-order valence-corrected chi connectivity index (χ3v) is 7.15. The number of nitrogens with zero attached hydrogens (tertiary/aromatic N) is 3. The molecular formula is C21H23N3O5S. The molecule has 1 aliphatic rings. The SMILES string of the molecule is COc1cccc(-c2nc(C3CCN(S(=O)(=O)c4cccc(OC)c4)CC3)no2)c1. The summed E-state index contributed by atoms with van der Waals surface area (Å²) in [5.41, 5.74) is 0.783. The van der Waals surface area contributed by atoms with E-state index >= 15 is 0 Å². The molecule has 0 saturated carbocycles. The summed E-state index contributed by atoms with van der Waals surface area (Å²) in [5, 5.41) is 4.13. The molecule has 30 heavy (non-hydrogen) atoms. The average molecular weight is 429 g/mol. The number of ether oxygens (including phenoxy) is 2. The molecule has 0 atom stereocenters. The van der Waals surface area contributed by atoms with Gasteiger partial charge in [0.05, 0.1) is 19.1 Å². The fourth-order valence-electron chi connectivity index (χ4n) is 3.54. The summed E-state index contributed by atoms with van der Waals surface area (Å²) in [5.74, 6) is 2.30. The van der Waals surface area contributed by atoms with Crippen molar-refractivity contribution in [3.8, 4) is 23.0 Å². The highest BCUT2D eigenvalue weighted by Crippen LogP contribution is 2.31. The Hall–Kier alpha value is -2.91. The zero-order chi connectivity index (χ0) is 21.1. The van der Waals surface area contributed by atoms with E-state index in [1.54, 1.807) is 31.4 Å². The minimum absolute atomic E-state index is 0.0462. The Morgan fingerprint density at radius 1 is 1.00 bits per heavy atom. The van der Waals surface area contributed by atoms with Crippen LogP contribution in [0.5, 0.6) is 11.5 Å². The second kappa shape index (κ2) is 8.45. The Morgan fingerprint density at radius 3 is 2.37 bits per heavy atom. The summed E-state index contributed by atoms with van der Waals surface area (Å²) in [4.78, 5) is 4.77. The quantitative estimate of drug-likeness (QED) is 0.593. The fraction of sp³-hybridized carbons (Fsp3) is 0.333. The van der Waals surface area contributed by atoms with Gasteiger partial charge in [0.25, 0.3) is 5.89 Å². The molecule has 1 fully saturated rings. The zero-order valence-electron chi connectivity index (χ0n) is 16.8. The van der Waals surface area contributed by atoms with Crippen molar-refractivity contribution in [2.75, 3.05) is 27.3 Å². The van der Waals surface area contributed by atoms with Crippen molar-refractivity contribution in [1.29, 1.82) is 0 Å². The molecule has 8 nitrogen and oxygen atoms in total. The van der Waals surface area contributed by atoms with Crippen LogP contribution in [0.4, 0.5) is 0 Å². The first-order valence-corrected chi connectivity index (χ1v) is 11.1. The first kappa shape index (κ1) is 20.4. The average Bonchev–Trinajstić information content (AvgIpc) is 3.29. The van der Waals surface area contributed by atoms with Crippen molar-refractivity contribution in [2.24, 2.45) is 0 Å². The van der Waals surface area contributed by atoms with Crippen molar-refractivity contribution in [1.82, 2.24) is 14.4 Å². The number of hydrogen-bond acceptors (Lipinski definition) is 7. The van der Waals surface area contributed by atoms with Crippen LogP contribution in [-0.4, -0.2) is 50.2 Å². The number of benzene rings is 2. The summed E-state index contributed by atoms with van der Waals surface area (Å²) in [7, 11) is -0.452. The molecule has 3 aromatic rings. The van der Waals surface area contributed by atoms with Crippen LogP contribution >= 0.6 is 0 Å². The molecule has 1 aliphatic heterocycles. The van der Waals surface area contributed by atoms with Gasteiger partial charge in [-0.25, -0.2) is 8.42 Å². The van der Waals surface area contributed by atoms with Crippen LogP contribution in [0.2, 0.25) is 0 Å². The lowest BCUT2D eigenvalue weighted by Gasteiger charge is -2.29. The van der Waals surface area contributed by atoms with Crippen LogP contribution in [0.3, 0.4) is 0 Å². The van der Waals surface area contributed by atoms with Crippen molar-refractivity contribution < 1.29 is 22.4 Å². The van der Waals surface area contributed by atoms with Crippen LogP contribution in [0, 0.1) is 0 Å². The van der Waals surface area contributed by atoms with Crippen LogP contribution in [0.1, 0.15) is 24.6 Å². The molecule has 0 unspecified atom stereocenters. The van der Waals surface area contributed by atoms with E-state index in [2.05, 4.69) is 10.1 Å². The molecule has 0 radical (unpaired) electrons. The lowest BCUT2D eigenvalue weighted by atomic mass is 9.97. The predicted molar refractivity (Wildman–Crippen MR) is 110 cm³/mol. The van der Waals surface area contributed by atoms with Crippen LogP contribution < -0.4 is 9.47 Å². The number of sulfonamides is 1. The molecule has 9 heteroatoms. The van der Waals surface area contributed by atoms with Crippen LogP contribution in [0.15, 0.2) is 57.9 Å². The molecule has 0 N–H and O–H groups in total. The van der Waals surface area contributed by atoms with Gasteiger partial charge in [-0.15, -0.1) is 0 Å². The van der Waals surface area contributed by atoms with Crippen molar-refractivity contribution >= 4 is 10.0 Å². The van der Waals surface area contributed by atoms with E-state index in [4.69, 9.17) is 14.0 Å². The van der Waals surface area contributed by atoms with Gasteiger partial charge < -0.3 is 14.0 Å². The van der Waals surface area contributed by atoms with Crippen molar-refractivity contribution in [3.63, 3.8) is 0 Å². The number of rotatable bonds is 6. The van der Waals surface area contributed by atoms with Gasteiger partial charge in [0, 0.05) is 30.6 Å². The van der Waals surface area contributed by atoms with E-state index in [9.17, 15) is 8.42 Å². The molecule has 1 aromatic heterocycles. The van der Waals surface area contributed by atoms with E-state index in [0.29, 0.717) is 49.1 Å². The maximum absolute atomic E-state index is 13.0. The topological polar surface area (TPSA) is 94.8 Å². The molecule has 0 amide bonds. The number of piperidine rings is 1. The summed E-state index contributed by atoms with van der Waals surface area (Å²) in [6.07, 6.45) is 1.25. The summed E-state index contributed by atoms with van der Waals surface area (Å²) < 4.78 is 43.2. The third kappa shape index (κ3) is 4.03. The molecule has 0 aliphatic carbocycles. The zero-order valence-corrected chi connectivity index (χ0v) is 17.6. The molecule has 2 heterocycles. The lowest BCUT2D eigenvalue weighted by molar-refractivity contribution is 0.307. The normalized spacial score (nSPS) is 15.8. The van der Waals surface area contributed by atoms with Gasteiger partial charge in [-0.1, -0.05) is 17.3 Å². The minimum Gasteiger partial charge on any atom is -0.497 e. The largest absolute Gasteiger partial charge is 0.497 e. The summed E-state index contributed by atoms with van der Waals surface area (Å²) in [6, 6.07) is 14.0. The Kier molecular flexibility index (Phi) is 5.74. The van der Waals surface area contributed by atoms with Crippen molar-refractivity contribution in [2.45, 2.75) is 23.7 Å². The predicted octanol–water partition coefficient (Wildman–Crippen LogP) is 3.32. The molecule has 1 saturated heterocycles. The highest BCUT2D eigenvalue weighted by atomic mass is 32.2. The molecule has 2 aromatic carbocycles. The lowest BCUT2D eigenvalue weighted by Crippen LogP contribution is -2.38.